The lowest BCUT2D eigenvalue weighted by Crippen LogP contribution is -2.04. The average molecular weight is 225 g/mol. The summed E-state index contributed by atoms with van der Waals surface area (Å²) in [5.41, 5.74) is -0.0571. The fourth-order valence-corrected chi connectivity index (χ4v) is 1.23. The Bertz CT molecular complexity index is 478. The van der Waals surface area contributed by atoms with E-state index in [1.54, 1.807) is 6.92 Å². The zero-order chi connectivity index (χ0) is 11.5. The smallest absolute Gasteiger partial charge is 0.315 e. The topological polar surface area (TPSA) is 51.0 Å². The van der Waals surface area contributed by atoms with E-state index in [1.807, 2.05) is 0 Å². The van der Waals surface area contributed by atoms with Crippen LogP contribution in [0.2, 0.25) is 0 Å². The maximum Gasteiger partial charge on any atom is 0.315 e. The molecule has 0 unspecified atom stereocenters. The summed E-state index contributed by atoms with van der Waals surface area (Å²) in [4.78, 5) is 0. The minimum Gasteiger partial charge on any atom is -0.408 e. The second-order valence-electron chi connectivity index (χ2n) is 3.18. The van der Waals surface area contributed by atoms with Crippen LogP contribution < -0.4 is 5.32 Å². The van der Waals surface area contributed by atoms with Gasteiger partial charge in [-0.25, -0.2) is 8.78 Å². The first kappa shape index (κ1) is 10.5. The number of benzene rings is 1. The quantitative estimate of drug-likeness (QED) is 0.870. The Morgan fingerprint density at radius 3 is 2.50 bits per heavy atom. The summed E-state index contributed by atoms with van der Waals surface area (Å²) >= 11 is 0. The van der Waals surface area contributed by atoms with Crippen LogP contribution in [0.25, 0.3) is 0 Å². The van der Waals surface area contributed by atoms with Crippen molar-refractivity contribution in [1.82, 2.24) is 10.2 Å². The van der Waals surface area contributed by atoms with Gasteiger partial charge in [-0.3, -0.25) is 0 Å². The van der Waals surface area contributed by atoms with Gasteiger partial charge in [-0.2, -0.15) is 0 Å². The lowest BCUT2D eigenvalue weighted by atomic mass is 10.2. The number of anilines is 1. The molecule has 0 saturated heterocycles. The molecule has 2 aromatic rings. The molecule has 0 amide bonds. The number of aryl methyl sites for hydroxylation is 1. The van der Waals surface area contributed by atoms with E-state index in [0.29, 0.717) is 5.89 Å². The summed E-state index contributed by atoms with van der Waals surface area (Å²) in [5.74, 6) is -0.830. The molecule has 6 heteroatoms. The molecule has 0 atom stereocenters. The van der Waals surface area contributed by atoms with Crippen molar-refractivity contribution in [1.29, 1.82) is 0 Å². The van der Waals surface area contributed by atoms with Crippen LogP contribution in [0.15, 0.2) is 22.6 Å². The van der Waals surface area contributed by atoms with Crippen LogP contribution in [0.4, 0.5) is 14.8 Å². The molecule has 0 radical (unpaired) electrons. The van der Waals surface area contributed by atoms with Gasteiger partial charge in [-0.1, -0.05) is 11.2 Å². The molecular weight excluding hydrogens is 216 g/mol. The first-order valence-corrected chi connectivity index (χ1v) is 4.63. The maximum atomic E-state index is 13.2. The Morgan fingerprint density at radius 2 is 1.94 bits per heavy atom. The third kappa shape index (κ3) is 2.16. The van der Waals surface area contributed by atoms with Crippen molar-refractivity contribution < 1.29 is 13.2 Å². The molecule has 1 heterocycles. The Labute approximate surface area is 90.3 Å². The summed E-state index contributed by atoms with van der Waals surface area (Å²) in [5, 5.41) is 9.87. The number of hydrogen-bond donors (Lipinski definition) is 1. The van der Waals surface area contributed by atoms with Gasteiger partial charge >= 0.3 is 6.01 Å². The monoisotopic (exact) mass is 225 g/mol. The molecule has 84 valence electrons. The second kappa shape index (κ2) is 4.26. The molecule has 0 aliphatic carbocycles. The number of nitrogens with zero attached hydrogens (tertiary/aromatic N) is 2. The van der Waals surface area contributed by atoms with E-state index in [-0.39, 0.29) is 18.1 Å². The molecule has 2 rings (SSSR count). The lowest BCUT2D eigenvalue weighted by Gasteiger charge is -2.04. The zero-order valence-electron chi connectivity index (χ0n) is 8.50. The fraction of sp³-hybridized carbons (Fsp3) is 0.200. The maximum absolute atomic E-state index is 13.2. The third-order valence-corrected chi connectivity index (χ3v) is 2.00. The van der Waals surface area contributed by atoms with Crippen molar-refractivity contribution in [3.8, 4) is 0 Å². The van der Waals surface area contributed by atoms with E-state index < -0.39 is 11.6 Å². The van der Waals surface area contributed by atoms with E-state index in [9.17, 15) is 8.78 Å². The lowest BCUT2D eigenvalue weighted by molar-refractivity contribution is 0.525. The number of aromatic nitrogens is 2. The second-order valence-corrected chi connectivity index (χ2v) is 3.18. The van der Waals surface area contributed by atoms with Gasteiger partial charge in [0.2, 0.25) is 5.89 Å². The highest BCUT2D eigenvalue weighted by Crippen LogP contribution is 2.14. The summed E-state index contributed by atoms with van der Waals surface area (Å²) in [7, 11) is 0. The molecule has 0 bridgehead atoms. The van der Waals surface area contributed by atoms with Crippen molar-refractivity contribution in [2.24, 2.45) is 0 Å². The standard InChI is InChI=1S/C10H9F2N3O/c1-6-14-15-10(16-6)13-5-7-8(11)3-2-4-9(7)12/h2-4H,5H2,1H3,(H,13,15). The van der Waals surface area contributed by atoms with Gasteiger partial charge in [0.05, 0.1) is 6.54 Å². The highest BCUT2D eigenvalue weighted by Gasteiger charge is 2.09. The van der Waals surface area contributed by atoms with Crippen LogP contribution >= 0.6 is 0 Å². The molecule has 16 heavy (non-hydrogen) atoms. The Balaban J connectivity index is 2.10. The van der Waals surface area contributed by atoms with Crippen LogP contribution in [0.1, 0.15) is 11.5 Å². The first-order valence-electron chi connectivity index (χ1n) is 4.63. The summed E-state index contributed by atoms with van der Waals surface area (Å²) in [6, 6.07) is 3.84. The minimum atomic E-state index is -0.608. The number of rotatable bonds is 3. The predicted octanol–water partition coefficient (Wildman–Crippen LogP) is 2.27. The van der Waals surface area contributed by atoms with Crippen LogP contribution in [-0.2, 0) is 6.54 Å². The largest absolute Gasteiger partial charge is 0.408 e. The SMILES string of the molecule is Cc1nnc(NCc2c(F)cccc2F)o1. The van der Waals surface area contributed by atoms with Gasteiger partial charge in [0.15, 0.2) is 0 Å². The van der Waals surface area contributed by atoms with Crippen LogP contribution in [-0.4, -0.2) is 10.2 Å². The predicted molar refractivity (Wildman–Crippen MR) is 52.7 cm³/mol. The summed E-state index contributed by atoms with van der Waals surface area (Å²) in [6.07, 6.45) is 0. The first-order chi connectivity index (χ1) is 7.66. The van der Waals surface area contributed by atoms with E-state index in [0.717, 1.165) is 0 Å². The van der Waals surface area contributed by atoms with E-state index in [2.05, 4.69) is 15.5 Å². The number of halogens is 2. The summed E-state index contributed by atoms with van der Waals surface area (Å²) < 4.78 is 31.4. The van der Waals surface area contributed by atoms with E-state index in [4.69, 9.17) is 4.42 Å². The Kier molecular flexibility index (Phi) is 2.80. The van der Waals surface area contributed by atoms with Crippen molar-refractivity contribution in [2.75, 3.05) is 5.32 Å². The van der Waals surface area contributed by atoms with E-state index >= 15 is 0 Å². The van der Waals surface area contributed by atoms with Crippen LogP contribution in [0.5, 0.6) is 0 Å². The highest BCUT2D eigenvalue weighted by molar-refractivity contribution is 5.25. The van der Waals surface area contributed by atoms with Gasteiger partial charge in [0, 0.05) is 12.5 Å². The van der Waals surface area contributed by atoms with Gasteiger partial charge in [0.1, 0.15) is 11.6 Å². The molecule has 0 spiro atoms. The van der Waals surface area contributed by atoms with Gasteiger partial charge in [-0.15, -0.1) is 5.10 Å². The Morgan fingerprint density at radius 1 is 1.25 bits per heavy atom. The molecule has 1 N–H and O–H groups in total. The van der Waals surface area contributed by atoms with Crippen molar-refractivity contribution in [3.63, 3.8) is 0 Å². The molecule has 4 nitrogen and oxygen atoms in total. The van der Waals surface area contributed by atoms with Crippen LogP contribution in [0, 0.1) is 18.6 Å². The molecule has 1 aromatic carbocycles. The molecular formula is C10H9F2N3O. The summed E-state index contributed by atoms with van der Waals surface area (Å²) in [6.45, 7) is 1.59. The molecule has 0 aliphatic rings. The molecule has 1 aromatic heterocycles. The van der Waals surface area contributed by atoms with Crippen molar-refractivity contribution in [2.45, 2.75) is 13.5 Å². The van der Waals surface area contributed by atoms with Gasteiger partial charge in [-0.05, 0) is 12.1 Å². The molecule has 0 aliphatic heterocycles. The Hall–Kier alpha value is -1.98. The van der Waals surface area contributed by atoms with Gasteiger partial charge in [0.25, 0.3) is 0 Å². The highest BCUT2D eigenvalue weighted by atomic mass is 19.1. The van der Waals surface area contributed by atoms with Crippen molar-refractivity contribution >= 4 is 6.01 Å². The normalized spacial score (nSPS) is 10.4. The molecule has 0 fully saturated rings. The third-order valence-electron chi connectivity index (χ3n) is 2.00. The number of hydrogen-bond acceptors (Lipinski definition) is 4. The zero-order valence-corrected chi connectivity index (χ0v) is 8.50. The van der Waals surface area contributed by atoms with Crippen LogP contribution in [0.3, 0.4) is 0 Å². The van der Waals surface area contributed by atoms with Crippen molar-refractivity contribution in [3.05, 3.63) is 41.3 Å². The minimum absolute atomic E-state index is 0.0415. The molecule has 0 saturated carbocycles. The van der Waals surface area contributed by atoms with Gasteiger partial charge < -0.3 is 9.73 Å². The average Bonchev–Trinajstić information content (AvgIpc) is 2.63. The fourth-order valence-electron chi connectivity index (χ4n) is 1.23. The number of nitrogens with one attached hydrogen (secondary N) is 1. The van der Waals surface area contributed by atoms with E-state index in [1.165, 1.54) is 18.2 Å².